The predicted octanol–water partition coefficient (Wildman–Crippen LogP) is 0.671. The molecule has 2 aliphatic heterocycles. The molecule has 0 aromatic heterocycles. The molecule has 0 bridgehead atoms. The maximum atomic E-state index is 12.2. The van der Waals surface area contributed by atoms with Gasteiger partial charge in [0, 0.05) is 13.2 Å². The molecule has 2 saturated heterocycles. The predicted molar refractivity (Wildman–Crippen MR) is 62.2 cm³/mol. The number of nitrogens with one attached hydrogen (secondary N) is 2. The van der Waals surface area contributed by atoms with Gasteiger partial charge in [0.2, 0.25) is 5.91 Å². The first-order valence-corrected chi connectivity index (χ1v) is 6.30. The zero-order valence-corrected chi connectivity index (χ0v) is 10.1. The van der Waals surface area contributed by atoms with Crippen LogP contribution in [0.4, 0.5) is 0 Å². The Hall–Kier alpha value is -0.610. The molecule has 2 unspecified atom stereocenters. The summed E-state index contributed by atoms with van der Waals surface area (Å²) in [6.45, 7) is 5.40. The number of piperidine rings is 1. The van der Waals surface area contributed by atoms with Crippen molar-refractivity contribution in [3.8, 4) is 0 Å². The van der Waals surface area contributed by atoms with Crippen LogP contribution in [0.3, 0.4) is 0 Å². The van der Waals surface area contributed by atoms with Crippen LogP contribution >= 0.6 is 0 Å². The molecule has 0 saturated carbocycles. The van der Waals surface area contributed by atoms with Gasteiger partial charge >= 0.3 is 0 Å². The van der Waals surface area contributed by atoms with Gasteiger partial charge in [-0.15, -0.1) is 0 Å². The van der Waals surface area contributed by atoms with Crippen molar-refractivity contribution < 1.29 is 9.53 Å². The fourth-order valence-corrected chi connectivity index (χ4v) is 2.46. The molecule has 0 aromatic rings. The van der Waals surface area contributed by atoms with E-state index in [2.05, 4.69) is 17.6 Å². The van der Waals surface area contributed by atoms with Crippen molar-refractivity contribution in [2.45, 2.75) is 38.6 Å². The maximum absolute atomic E-state index is 12.2. The minimum absolute atomic E-state index is 0.190. The van der Waals surface area contributed by atoms with E-state index in [4.69, 9.17) is 4.74 Å². The Bertz CT molecular complexity index is 243. The average Bonchev–Trinajstić information content (AvgIpc) is 2.31. The lowest BCUT2D eigenvalue weighted by Crippen LogP contribution is -2.52. The molecule has 4 nitrogen and oxygen atoms in total. The van der Waals surface area contributed by atoms with Crippen molar-refractivity contribution in [3.05, 3.63) is 0 Å². The second kappa shape index (κ2) is 5.15. The fourth-order valence-electron chi connectivity index (χ4n) is 2.46. The first-order chi connectivity index (χ1) is 7.71. The Morgan fingerprint density at radius 1 is 1.50 bits per heavy atom. The quantitative estimate of drug-likeness (QED) is 0.727. The molecule has 4 heteroatoms. The van der Waals surface area contributed by atoms with Crippen LogP contribution in [0.15, 0.2) is 0 Å². The maximum Gasteiger partial charge on any atom is 0.227 e. The summed E-state index contributed by atoms with van der Waals surface area (Å²) in [6, 6.07) is 0.222. The lowest BCUT2D eigenvalue weighted by atomic mass is 9.81. The molecular formula is C12H22N2O2. The highest BCUT2D eigenvalue weighted by Crippen LogP contribution is 2.26. The van der Waals surface area contributed by atoms with E-state index in [0.717, 1.165) is 45.4 Å². The molecule has 2 atom stereocenters. The molecule has 92 valence electrons. The van der Waals surface area contributed by atoms with E-state index in [0.29, 0.717) is 6.61 Å². The van der Waals surface area contributed by atoms with Crippen molar-refractivity contribution >= 4 is 5.91 Å². The van der Waals surface area contributed by atoms with E-state index in [1.54, 1.807) is 0 Å². The van der Waals surface area contributed by atoms with Gasteiger partial charge in [0.05, 0.1) is 18.1 Å². The molecular weight excluding hydrogens is 204 g/mol. The second-order valence-corrected chi connectivity index (χ2v) is 5.23. The summed E-state index contributed by atoms with van der Waals surface area (Å²) in [7, 11) is 0. The SMILES string of the molecule is CC1(C(=O)NC2CCCOC2)CCCNC1. The van der Waals surface area contributed by atoms with Gasteiger partial charge in [0.15, 0.2) is 0 Å². The number of carbonyl (C=O) groups excluding carboxylic acids is 1. The zero-order valence-electron chi connectivity index (χ0n) is 10.1. The van der Waals surface area contributed by atoms with E-state index in [1.165, 1.54) is 0 Å². The van der Waals surface area contributed by atoms with E-state index in [-0.39, 0.29) is 17.4 Å². The van der Waals surface area contributed by atoms with Gasteiger partial charge < -0.3 is 15.4 Å². The number of hydrogen-bond donors (Lipinski definition) is 2. The highest BCUT2D eigenvalue weighted by atomic mass is 16.5. The highest BCUT2D eigenvalue weighted by Gasteiger charge is 2.35. The lowest BCUT2D eigenvalue weighted by molar-refractivity contribution is -0.132. The van der Waals surface area contributed by atoms with Gasteiger partial charge in [0.25, 0.3) is 0 Å². The molecule has 2 heterocycles. The zero-order chi connectivity index (χ0) is 11.4. The molecule has 16 heavy (non-hydrogen) atoms. The Morgan fingerprint density at radius 3 is 3.00 bits per heavy atom. The number of ether oxygens (including phenoxy) is 1. The Morgan fingerprint density at radius 2 is 2.38 bits per heavy atom. The summed E-state index contributed by atoms with van der Waals surface area (Å²) < 4.78 is 5.37. The topological polar surface area (TPSA) is 50.4 Å². The van der Waals surface area contributed by atoms with Gasteiger partial charge in [0.1, 0.15) is 0 Å². The molecule has 2 fully saturated rings. The van der Waals surface area contributed by atoms with Gasteiger partial charge in [-0.3, -0.25) is 4.79 Å². The molecule has 0 radical (unpaired) electrons. The van der Waals surface area contributed by atoms with Gasteiger partial charge in [-0.25, -0.2) is 0 Å². The van der Waals surface area contributed by atoms with Crippen molar-refractivity contribution in [2.75, 3.05) is 26.3 Å². The van der Waals surface area contributed by atoms with Crippen LogP contribution in [0.2, 0.25) is 0 Å². The van der Waals surface area contributed by atoms with Crippen LogP contribution in [-0.2, 0) is 9.53 Å². The Labute approximate surface area is 97.1 Å². The summed E-state index contributed by atoms with van der Waals surface area (Å²) in [5.74, 6) is 0.190. The highest BCUT2D eigenvalue weighted by molar-refractivity contribution is 5.82. The van der Waals surface area contributed by atoms with Crippen molar-refractivity contribution in [1.82, 2.24) is 10.6 Å². The van der Waals surface area contributed by atoms with Crippen LogP contribution in [0.5, 0.6) is 0 Å². The van der Waals surface area contributed by atoms with E-state index in [9.17, 15) is 4.79 Å². The molecule has 2 rings (SSSR count). The van der Waals surface area contributed by atoms with Crippen LogP contribution in [-0.4, -0.2) is 38.3 Å². The van der Waals surface area contributed by atoms with Crippen molar-refractivity contribution in [1.29, 1.82) is 0 Å². The van der Waals surface area contributed by atoms with E-state index >= 15 is 0 Å². The Kier molecular flexibility index (Phi) is 3.82. The average molecular weight is 226 g/mol. The van der Waals surface area contributed by atoms with E-state index < -0.39 is 0 Å². The number of carbonyl (C=O) groups is 1. The van der Waals surface area contributed by atoms with Crippen LogP contribution in [0.1, 0.15) is 32.6 Å². The number of hydrogen-bond acceptors (Lipinski definition) is 3. The molecule has 0 aliphatic carbocycles. The van der Waals surface area contributed by atoms with Crippen LogP contribution in [0, 0.1) is 5.41 Å². The number of amides is 1. The third-order valence-corrected chi connectivity index (χ3v) is 3.64. The fraction of sp³-hybridized carbons (Fsp3) is 0.917. The molecule has 0 spiro atoms. The van der Waals surface area contributed by atoms with Gasteiger partial charge in [-0.05, 0) is 39.2 Å². The minimum Gasteiger partial charge on any atom is -0.379 e. The van der Waals surface area contributed by atoms with Crippen molar-refractivity contribution in [3.63, 3.8) is 0 Å². The number of rotatable bonds is 2. The summed E-state index contributed by atoms with van der Waals surface area (Å²) in [5.41, 5.74) is -0.226. The minimum atomic E-state index is -0.226. The summed E-state index contributed by atoms with van der Waals surface area (Å²) in [6.07, 6.45) is 4.18. The molecule has 2 aliphatic rings. The monoisotopic (exact) mass is 226 g/mol. The second-order valence-electron chi connectivity index (χ2n) is 5.23. The Balaban J connectivity index is 1.85. The molecule has 1 amide bonds. The van der Waals surface area contributed by atoms with Crippen LogP contribution < -0.4 is 10.6 Å². The largest absolute Gasteiger partial charge is 0.379 e. The molecule has 0 aromatic carbocycles. The smallest absolute Gasteiger partial charge is 0.227 e. The van der Waals surface area contributed by atoms with Gasteiger partial charge in [-0.1, -0.05) is 0 Å². The third-order valence-electron chi connectivity index (χ3n) is 3.64. The first kappa shape index (κ1) is 11.9. The van der Waals surface area contributed by atoms with E-state index in [1.807, 2.05) is 0 Å². The summed E-state index contributed by atoms with van der Waals surface area (Å²) in [5, 5.41) is 6.43. The normalized spacial score (nSPS) is 35.7. The van der Waals surface area contributed by atoms with Crippen molar-refractivity contribution in [2.24, 2.45) is 5.41 Å². The van der Waals surface area contributed by atoms with Crippen LogP contribution in [0.25, 0.3) is 0 Å². The molecule has 2 N–H and O–H groups in total. The first-order valence-electron chi connectivity index (χ1n) is 6.30. The third kappa shape index (κ3) is 2.74. The summed E-state index contributed by atoms with van der Waals surface area (Å²) >= 11 is 0. The standard InChI is InChI=1S/C12H22N2O2/c1-12(5-3-6-13-9-12)11(15)14-10-4-2-7-16-8-10/h10,13H,2-9H2,1H3,(H,14,15). The lowest BCUT2D eigenvalue weighted by Gasteiger charge is -2.35. The van der Waals surface area contributed by atoms with Gasteiger partial charge in [-0.2, -0.15) is 0 Å². The summed E-state index contributed by atoms with van der Waals surface area (Å²) in [4.78, 5) is 12.2.